The van der Waals surface area contributed by atoms with Gasteiger partial charge in [-0.3, -0.25) is 4.79 Å². The summed E-state index contributed by atoms with van der Waals surface area (Å²) in [4.78, 5) is 16.9. The number of benzene rings is 1. The Hall–Kier alpha value is -1.16. The highest BCUT2D eigenvalue weighted by Crippen LogP contribution is 2.26. The fraction of sp³-hybridized carbons (Fsp3) is 0.611. The lowest BCUT2D eigenvalue weighted by Gasteiger charge is -2.37. The van der Waals surface area contributed by atoms with Crippen LogP contribution in [0.5, 0.6) is 0 Å². The van der Waals surface area contributed by atoms with Crippen molar-refractivity contribution in [3.8, 4) is 0 Å². The maximum Gasteiger partial charge on any atom is 0.222 e. The van der Waals surface area contributed by atoms with E-state index in [0.717, 1.165) is 32.6 Å². The summed E-state index contributed by atoms with van der Waals surface area (Å²) in [6.45, 7) is 5.78. The van der Waals surface area contributed by atoms with Crippen LogP contribution in [0.3, 0.4) is 0 Å². The van der Waals surface area contributed by atoms with Gasteiger partial charge in [0, 0.05) is 38.3 Å². The van der Waals surface area contributed by atoms with E-state index in [-0.39, 0.29) is 0 Å². The number of anilines is 1. The largest absolute Gasteiger partial charge is 0.368 e. The molecule has 3 rings (SSSR count). The summed E-state index contributed by atoms with van der Waals surface area (Å²) < 4.78 is 0. The third-order valence-corrected chi connectivity index (χ3v) is 5.85. The Balaban J connectivity index is 1.49. The number of hydrogen-bond donors (Lipinski definition) is 0. The molecule has 120 valence electrons. The molecular formula is C18H26N2OS. The minimum absolute atomic E-state index is 0.376. The minimum Gasteiger partial charge on any atom is -0.368 e. The van der Waals surface area contributed by atoms with Crippen LogP contribution in [0.4, 0.5) is 5.69 Å². The number of carbonyl (C=O) groups is 1. The van der Waals surface area contributed by atoms with Crippen molar-refractivity contribution < 1.29 is 4.79 Å². The van der Waals surface area contributed by atoms with Gasteiger partial charge < -0.3 is 9.80 Å². The molecule has 2 aliphatic heterocycles. The quantitative estimate of drug-likeness (QED) is 0.855. The predicted molar refractivity (Wildman–Crippen MR) is 94.6 cm³/mol. The lowest BCUT2D eigenvalue weighted by Crippen LogP contribution is -2.49. The molecule has 0 aliphatic carbocycles. The fourth-order valence-corrected chi connectivity index (χ4v) is 4.57. The van der Waals surface area contributed by atoms with Crippen LogP contribution in [-0.2, 0) is 4.79 Å². The van der Waals surface area contributed by atoms with Crippen molar-refractivity contribution >= 4 is 23.4 Å². The smallest absolute Gasteiger partial charge is 0.222 e. The maximum absolute atomic E-state index is 12.5. The van der Waals surface area contributed by atoms with Crippen molar-refractivity contribution in [3.05, 3.63) is 29.8 Å². The fourth-order valence-electron chi connectivity index (χ4n) is 3.37. The van der Waals surface area contributed by atoms with E-state index < -0.39 is 0 Å². The van der Waals surface area contributed by atoms with Crippen LogP contribution in [0, 0.1) is 12.8 Å². The first-order chi connectivity index (χ1) is 10.7. The number of amides is 1. The molecule has 0 unspecified atom stereocenters. The van der Waals surface area contributed by atoms with E-state index in [2.05, 4.69) is 41.0 Å². The van der Waals surface area contributed by atoms with Gasteiger partial charge >= 0.3 is 0 Å². The van der Waals surface area contributed by atoms with E-state index in [1.165, 1.54) is 35.6 Å². The molecule has 1 aromatic carbocycles. The van der Waals surface area contributed by atoms with Crippen molar-refractivity contribution in [2.24, 2.45) is 5.92 Å². The Labute approximate surface area is 138 Å². The molecule has 0 atom stereocenters. The first kappa shape index (κ1) is 15.7. The second-order valence-electron chi connectivity index (χ2n) is 6.47. The molecule has 3 nitrogen and oxygen atoms in total. The Kier molecular flexibility index (Phi) is 5.29. The molecule has 2 aliphatic rings. The maximum atomic E-state index is 12.5. The first-order valence-corrected chi connectivity index (χ1v) is 9.55. The van der Waals surface area contributed by atoms with Gasteiger partial charge in [0.2, 0.25) is 5.91 Å². The van der Waals surface area contributed by atoms with Crippen LogP contribution in [0.25, 0.3) is 0 Å². The molecule has 0 aromatic heterocycles. The lowest BCUT2D eigenvalue weighted by molar-refractivity contribution is -0.132. The molecular weight excluding hydrogens is 292 g/mol. The number of carbonyl (C=O) groups excluding carboxylic acids is 1. The van der Waals surface area contributed by atoms with Crippen molar-refractivity contribution in [3.63, 3.8) is 0 Å². The highest BCUT2D eigenvalue weighted by molar-refractivity contribution is 7.99. The van der Waals surface area contributed by atoms with E-state index in [1.807, 2.05) is 11.8 Å². The lowest BCUT2D eigenvalue weighted by atomic mass is 9.98. The summed E-state index contributed by atoms with van der Waals surface area (Å²) in [7, 11) is 0. The van der Waals surface area contributed by atoms with Gasteiger partial charge in [-0.05, 0) is 54.9 Å². The molecule has 0 N–H and O–H groups in total. The van der Waals surface area contributed by atoms with Gasteiger partial charge in [-0.1, -0.05) is 12.1 Å². The molecule has 0 bridgehead atoms. The number of rotatable bonds is 3. The van der Waals surface area contributed by atoms with Crippen LogP contribution in [0.2, 0.25) is 0 Å². The number of thioether (sulfide) groups is 1. The number of nitrogens with zero attached hydrogens (tertiary/aromatic N) is 2. The number of piperazine rings is 1. The van der Waals surface area contributed by atoms with E-state index in [9.17, 15) is 4.79 Å². The highest BCUT2D eigenvalue weighted by Gasteiger charge is 2.24. The van der Waals surface area contributed by atoms with E-state index in [1.54, 1.807) is 0 Å². The summed E-state index contributed by atoms with van der Waals surface area (Å²) in [6, 6.07) is 8.65. The van der Waals surface area contributed by atoms with Gasteiger partial charge in [0.1, 0.15) is 0 Å². The molecule has 22 heavy (non-hydrogen) atoms. The summed E-state index contributed by atoms with van der Waals surface area (Å²) in [5, 5.41) is 0. The van der Waals surface area contributed by atoms with Gasteiger partial charge in [0.15, 0.2) is 0 Å². The van der Waals surface area contributed by atoms with E-state index in [4.69, 9.17) is 0 Å². The summed E-state index contributed by atoms with van der Waals surface area (Å²) >= 11 is 2.03. The monoisotopic (exact) mass is 318 g/mol. The zero-order chi connectivity index (χ0) is 15.4. The Morgan fingerprint density at radius 3 is 2.59 bits per heavy atom. The van der Waals surface area contributed by atoms with Crippen LogP contribution in [0.15, 0.2) is 24.3 Å². The van der Waals surface area contributed by atoms with Crippen molar-refractivity contribution in [1.29, 1.82) is 0 Å². The van der Waals surface area contributed by atoms with Gasteiger partial charge in [-0.2, -0.15) is 11.8 Å². The average Bonchev–Trinajstić information content (AvgIpc) is 2.56. The normalized spacial score (nSPS) is 20.2. The van der Waals surface area contributed by atoms with Crippen molar-refractivity contribution in [1.82, 2.24) is 4.90 Å². The average molecular weight is 318 g/mol. The van der Waals surface area contributed by atoms with Crippen LogP contribution >= 0.6 is 11.8 Å². The van der Waals surface area contributed by atoms with Gasteiger partial charge in [0.05, 0.1) is 0 Å². The van der Waals surface area contributed by atoms with Gasteiger partial charge in [-0.15, -0.1) is 0 Å². The predicted octanol–water partition coefficient (Wildman–Crippen LogP) is 3.18. The van der Waals surface area contributed by atoms with Crippen molar-refractivity contribution in [2.45, 2.75) is 26.2 Å². The van der Waals surface area contributed by atoms with Crippen molar-refractivity contribution in [2.75, 3.05) is 42.6 Å². The third-order valence-electron chi connectivity index (χ3n) is 4.80. The standard InChI is InChI=1S/C18H26N2OS/c1-15-3-2-4-17(13-15)19-7-9-20(10-8-19)18(21)14-16-5-11-22-12-6-16/h2-4,13,16H,5-12,14H2,1H3. The molecule has 2 heterocycles. The Bertz CT molecular complexity index is 506. The topological polar surface area (TPSA) is 23.6 Å². The molecule has 0 spiro atoms. The molecule has 2 fully saturated rings. The molecule has 2 saturated heterocycles. The molecule has 0 radical (unpaired) electrons. The Morgan fingerprint density at radius 2 is 1.91 bits per heavy atom. The molecule has 0 saturated carbocycles. The van der Waals surface area contributed by atoms with Crippen LogP contribution in [-0.4, -0.2) is 48.5 Å². The number of aryl methyl sites for hydroxylation is 1. The molecule has 1 amide bonds. The second kappa shape index (κ2) is 7.40. The zero-order valence-electron chi connectivity index (χ0n) is 13.5. The Morgan fingerprint density at radius 1 is 1.18 bits per heavy atom. The molecule has 1 aromatic rings. The van der Waals surface area contributed by atoms with E-state index >= 15 is 0 Å². The van der Waals surface area contributed by atoms with Gasteiger partial charge in [-0.25, -0.2) is 0 Å². The highest BCUT2D eigenvalue weighted by atomic mass is 32.2. The van der Waals surface area contributed by atoms with Crippen LogP contribution < -0.4 is 4.90 Å². The summed E-state index contributed by atoms with van der Waals surface area (Å²) in [5.74, 6) is 3.47. The minimum atomic E-state index is 0.376. The number of hydrogen-bond acceptors (Lipinski definition) is 3. The molecule has 4 heteroatoms. The van der Waals surface area contributed by atoms with E-state index in [0.29, 0.717) is 11.8 Å². The SMILES string of the molecule is Cc1cccc(N2CCN(C(=O)CC3CCSCC3)CC2)c1. The second-order valence-corrected chi connectivity index (χ2v) is 7.69. The third kappa shape index (κ3) is 3.97. The van der Waals surface area contributed by atoms with Crippen LogP contribution in [0.1, 0.15) is 24.8 Å². The zero-order valence-corrected chi connectivity index (χ0v) is 14.3. The summed E-state index contributed by atoms with van der Waals surface area (Å²) in [5.41, 5.74) is 2.59. The first-order valence-electron chi connectivity index (χ1n) is 8.39. The van der Waals surface area contributed by atoms with Gasteiger partial charge in [0.25, 0.3) is 0 Å². The summed E-state index contributed by atoms with van der Waals surface area (Å²) in [6.07, 6.45) is 3.21.